The summed E-state index contributed by atoms with van der Waals surface area (Å²) in [5, 5.41) is 0.647. The fourth-order valence-electron chi connectivity index (χ4n) is 0.693. The Bertz CT molecular complexity index is 258. The molecular formula is C8H7Cl2N. The second kappa shape index (κ2) is 4.37. The van der Waals surface area contributed by atoms with Crippen molar-refractivity contribution in [3.8, 4) is 0 Å². The van der Waals surface area contributed by atoms with Gasteiger partial charge in [-0.05, 0) is 11.6 Å². The first kappa shape index (κ1) is 8.57. The molecule has 0 N–H and O–H groups in total. The summed E-state index contributed by atoms with van der Waals surface area (Å²) >= 11 is 11.3. The van der Waals surface area contributed by atoms with Crippen LogP contribution >= 0.6 is 23.2 Å². The van der Waals surface area contributed by atoms with Gasteiger partial charge >= 0.3 is 0 Å². The molecule has 1 nitrogen and oxygen atoms in total. The third-order valence-electron chi connectivity index (χ3n) is 1.19. The van der Waals surface area contributed by atoms with Gasteiger partial charge in [0.1, 0.15) is 0 Å². The molecule has 1 aromatic rings. The van der Waals surface area contributed by atoms with Gasteiger partial charge in [-0.3, -0.25) is 4.98 Å². The molecule has 1 aromatic heterocycles. The SMILES string of the molecule is ClCC=Cc1ccncc1Cl. The van der Waals surface area contributed by atoms with Gasteiger partial charge in [0.2, 0.25) is 0 Å². The molecule has 0 atom stereocenters. The number of rotatable bonds is 2. The minimum atomic E-state index is 0.499. The molecule has 1 heterocycles. The molecule has 0 spiro atoms. The predicted octanol–water partition coefficient (Wildman–Crippen LogP) is 2.99. The lowest BCUT2D eigenvalue weighted by Crippen LogP contribution is -1.76. The van der Waals surface area contributed by atoms with Crippen LogP contribution in [0.1, 0.15) is 5.56 Å². The molecule has 0 aliphatic rings. The Labute approximate surface area is 75.7 Å². The number of hydrogen-bond donors (Lipinski definition) is 0. The van der Waals surface area contributed by atoms with Crippen LogP contribution in [0.25, 0.3) is 6.08 Å². The molecule has 0 radical (unpaired) electrons. The molecule has 0 amide bonds. The van der Waals surface area contributed by atoms with Gasteiger partial charge in [-0.15, -0.1) is 11.6 Å². The van der Waals surface area contributed by atoms with Crippen molar-refractivity contribution in [2.45, 2.75) is 0 Å². The summed E-state index contributed by atoms with van der Waals surface area (Å²) in [5.41, 5.74) is 0.947. The van der Waals surface area contributed by atoms with E-state index in [2.05, 4.69) is 4.98 Å². The molecule has 0 saturated carbocycles. The van der Waals surface area contributed by atoms with Gasteiger partial charge in [0.25, 0.3) is 0 Å². The lowest BCUT2D eigenvalue weighted by atomic mass is 10.2. The van der Waals surface area contributed by atoms with Crippen LogP contribution in [0.2, 0.25) is 5.02 Å². The Kier molecular flexibility index (Phi) is 3.40. The predicted molar refractivity (Wildman–Crippen MR) is 49.0 cm³/mol. The molecule has 0 bridgehead atoms. The van der Waals surface area contributed by atoms with Crippen molar-refractivity contribution in [1.82, 2.24) is 4.98 Å². The van der Waals surface area contributed by atoms with Gasteiger partial charge < -0.3 is 0 Å². The van der Waals surface area contributed by atoms with Crippen LogP contribution in [0, 0.1) is 0 Å². The third kappa shape index (κ3) is 2.52. The van der Waals surface area contributed by atoms with E-state index < -0.39 is 0 Å². The summed E-state index contributed by atoms with van der Waals surface area (Å²) in [7, 11) is 0. The molecule has 0 fully saturated rings. The Morgan fingerprint density at radius 1 is 1.55 bits per heavy atom. The quantitative estimate of drug-likeness (QED) is 0.650. The molecule has 1 rings (SSSR count). The first-order valence-corrected chi connectivity index (χ1v) is 4.08. The highest BCUT2D eigenvalue weighted by Crippen LogP contribution is 2.14. The van der Waals surface area contributed by atoms with Crippen LogP contribution in [0.4, 0.5) is 0 Å². The van der Waals surface area contributed by atoms with Crippen molar-refractivity contribution < 1.29 is 0 Å². The molecule has 0 aromatic carbocycles. The van der Waals surface area contributed by atoms with E-state index in [0.717, 1.165) is 5.56 Å². The number of aromatic nitrogens is 1. The van der Waals surface area contributed by atoms with Gasteiger partial charge in [0.05, 0.1) is 5.02 Å². The fraction of sp³-hybridized carbons (Fsp3) is 0.125. The topological polar surface area (TPSA) is 12.9 Å². The Morgan fingerprint density at radius 2 is 2.36 bits per heavy atom. The minimum Gasteiger partial charge on any atom is -0.263 e. The number of allylic oxidation sites excluding steroid dienone is 1. The minimum absolute atomic E-state index is 0.499. The van der Waals surface area contributed by atoms with Crippen molar-refractivity contribution >= 4 is 29.3 Å². The maximum absolute atomic E-state index is 5.80. The van der Waals surface area contributed by atoms with Crippen LogP contribution < -0.4 is 0 Å². The van der Waals surface area contributed by atoms with Gasteiger partial charge in [-0.25, -0.2) is 0 Å². The maximum Gasteiger partial charge on any atom is 0.0661 e. The summed E-state index contributed by atoms with van der Waals surface area (Å²) < 4.78 is 0. The second-order valence-electron chi connectivity index (χ2n) is 1.95. The highest BCUT2D eigenvalue weighted by Gasteiger charge is 1.92. The second-order valence-corrected chi connectivity index (χ2v) is 2.67. The van der Waals surface area contributed by atoms with Gasteiger partial charge in [0, 0.05) is 18.3 Å². The Hall–Kier alpha value is -0.530. The van der Waals surface area contributed by atoms with E-state index in [9.17, 15) is 0 Å². The van der Waals surface area contributed by atoms with E-state index in [1.54, 1.807) is 12.4 Å². The molecule has 0 saturated heterocycles. The molecule has 0 aliphatic carbocycles. The van der Waals surface area contributed by atoms with Crippen molar-refractivity contribution in [2.24, 2.45) is 0 Å². The molecule has 0 unspecified atom stereocenters. The van der Waals surface area contributed by atoms with Crippen LogP contribution in [0.5, 0.6) is 0 Å². The fourth-order valence-corrected chi connectivity index (χ4v) is 0.964. The molecule has 0 aliphatic heterocycles. The van der Waals surface area contributed by atoms with Crippen molar-refractivity contribution in [3.63, 3.8) is 0 Å². The average molecular weight is 188 g/mol. The van der Waals surface area contributed by atoms with E-state index >= 15 is 0 Å². The zero-order valence-corrected chi connectivity index (χ0v) is 7.31. The van der Waals surface area contributed by atoms with Gasteiger partial charge in [-0.1, -0.05) is 23.8 Å². The molecule has 11 heavy (non-hydrogen) atoms. The van der Waals surface area contributed by atoms with Crippen molar-refractivity contribution in [2.75, 3.05) is 5.88 Å². The van der Waals surface area contributed by atoms with Crippen LogP contribution in [0.3, 0.4) is 0 Å². The largest absolute Gasteiger partial charge is 0.263 e. The van der Waals surface area contributed by atoms with Gasteiger partial charge in [0.15, 0.2) is 0 Å². The number of nitrogens with zero attached hydrogens (tertiary/aromatic N) is 1. The van der Waals surface area contributed by atoms with Crippen molar-refractivity contribution in [3.05, 3.63) is 35.1 Å². The van der Waals surface area contributed by atoms with E-state index in [1.807, 2.05) is 18.2 Å². The van der Waals surface area contributed by atoms with E-state index in [-0.39, 0.29) is 0 Å². The smallest absolute Gasteiger partial charge is 0.0661 e. The number of halogens is 2. The average Bonchev–Trinajstić information content (AvgIpc) is 2.03. The van der Waals surface area contributed by atoms with Crippen LogP contribution in [0.15, 0.2) is 24.5 Å². The maximum atomic E-state index is 5.80. The lowest BCUT2D eigenvalue weighted by molar-refractivity contribution is 1.32. The number of alkyl halides is 1. The highest BCUT2D eigenvalue weighted by atomic mass is 35.5. The third-order valence-corrected chi connectivity index (χ3v) is 1.68. The summed E-state index contributed by atoms with van der Waals surface area (Å²) in [5.74, 6) is 0.499. The normalized spacial score (nSPS) is 10.7. The summed E-state index contributed by atoms with van der Waals surface area (Å²) in [4.78, 5) is 3.85. The zero-order chi connectivity index (χ0) is 8.10. The summed E-state index contributed by atoms with van der Waals surface area (Å²) in [6.07, 6.45) is 7.01. The standard InChI is InChI=1S/C8H7Cl2N/c9-4-1-2-7-3-5-11-6-8(7)10/h1-3,5-6H,4H2. The summed E-state index contributed by atoms with van der Waals surface area (Å²) in [6.45, 7) is 0. The van der Waals surface area contributed by atoms with Crippen molar-refractivity contribution in [1.29, 1.82) is 0 Å². The highest BCUT2D eigenvalue weighted by molar-refractivity contribution is 6.31. The van der Waals surface area contributed by atoms with E-state index in [1.165, 1.54) is 0 Å². The lowest BCUT2D eigenvalue weighted by Gasteiger charge is -1.93. The zero-order valence-electron chi connectivity index (χ0n) is 5.80. The van der Waals surface area contributed by atoms with Crippen LogP contribution in [-0.4, -0.2) is 10.9 Å². The van der Waals surface area contributed by atoms with E-state index in [4.69, 9.17) is 23.2 Å². The number of hydrogen-bond acceptors (Lipinski definition) is 1. The van der Waals surface area contributed by atoms with Gasteiger partial charge in [-0.2, -0.15) is 0 Å². The van der Waals surface area contributed by atoms with Crippen LogP contribution in [-0.2, 0) is 0 Å². The number of pyridine rings is 1. The monoisotopic (exact) mass is 187 g/mol. The Morgan fingerprint density at radius 3 is 3.00 bits per heavy atom. The Balaban J connectivity index is 2.86. The first-order valence-electron chi connectivity index (χ1n) is 3.16. The molecule has 58 valence electrons. The molecule has 3 heteroatoms. The first-order chi connectivity index (χ1) is 5.34. The molecular weight excluding hydrogens is 181 g/mol. The summed E-state index contributed by atoms with van der Waals surface area (Å²) in [6, 6.07) is 1.84. The van der Waals surface area contributed by atoms with E-state index in [0.29, 0.717) is 10.9 Å².